The van der Waals surface area contributed by atoms with Gasteiger partial charge in [-0.3, -0.25) is 5.01 Å². The Morgan fingerprint density at radius 2 is 2.00 bits per heavy atom. The third-order valence-electron chi connectivity index (χ3n) is 4.87. The molecule has 25 heavy (non-hydrogen) atoms. The maximum Gasteiger partial charge on any atom is 0.231 e. The van der Waals surface area contributed by atoms with E-state index in [0.717, 1.165) is 6.42 Å². The van der Waals surface area contributed by atoms with Crippen LogP contribution in [0.4, 0.5) is 0 Å². The van der Waals surface area contributed by atoms with Crippen molar-refractivity contribution in [1.82, 2.24) is 5.01 Å². The summed E-state index contributed by atoms with van der Waals surface area (Å²) in [6.07, 6.45) is 0.885. The zero-order valence-electron chi connectivity index (χ0n) is 13.8. The van der Waals surface area contributed by atoms with Crippen molar-refractivity contribution < 1.29 is 14.2 Å². The minimum Gasteiger partial charge on any atom is -0.489 e. The SMILES string of the molecule is O=NN1CC[C@@H](c2ccccc2)[C@H](COc2cccc3c2OCO3)C1. The van der Waals surface area contributed by atoms with Gasteiger partial charge in [0.05, 0.1) is 11.9 Å². The summed E-state index contributed by atoms with van der Waals surface area (Å²) in [6, 6.07) is 16.0. The molecule has 6 heteroatoms. The van der Waals surface area contributed by atoms with Gasteiger partial charge in [0.25, 0.3) is 0 Å². The number of hydrogen-bond donors (Lipinski definition) is 0. The lowest BCUT2D eigenvalue weighted by Gasteiger charge is -2.35. The highest BCUT2D eigenvalue weighted by atomic mass is 16.7. The second-order valence-electron chi connectivity index (χ2n) is 6.36. The van der Waals surface area contributed by atoms with Gasteiger partial charge in [-0.2, -0.15) is 0 Å². The van der Waals surface area contributed by atoms with Crippen LogP contribution in [0.15, 0.2) is 53.8 Å². The molecule has 0 spiro atoms. The zero-order valence-corrected chi connectivity index (χ0v) is 13.8. The normalized spacial score (nSPS) is 21.8. The Labute approximate surface area is 146 Å². The molecule has 130 valence electrons. The highest BCUT2D eigenvalue weighted by Gasteiger charge is 2.31. The van der Waals surface area contributed by atoms with E-state index in [1.807, 2.05) is 36.4 Å². The van der Waals surface area contributed by atoms with Gasteiger partial charge in [0.1, 0.15) is 0 Å². The average Bonchev–Trinajstić information content (AvgIpc) is 3.16. The summed E-state index contributed by atoms with van der Waals surface area (Å²) < 4.78 is 16.9. The molecule has 0 saturated carbocycles. The van der Waals surface area contributed by atoms with Gasteiger partial charge < -0.3 is 14.2 Å². The summed E-state index contributed by atoms with van der Waals surface area (Å²) in [4.78, 5) is 11.0. The van der Waals surface area contributed by atoms with Crippen LogP contribution in [-0.4, -0.2) is 31.5 Å². The van der Waals surface area contributed by atoms with Crippen LogP contribution in [0.25, 0.3) is 0 Å². The van der Waals surface area contributed by atoms with Crippen LogP contribution in [0.5, 0.6) is 17.2 Å². The third kappa shape index (κ3) is 3.24. The van der Waals surface area contributed by atoms with Crippen LogP contribution in [-0.2, 0) is 0 Å². The quantitative estimate of drug-likeness (QED) is 0.779. The number of benzene rings is 2. The molecule has 2 atom stereocenters. The Kier molecular flexibility index (Phi) is 4.41. The molecule has 2 aliphatic heterocycles. The van der Waals surface area contributed by atoms with Crippen LogP contribution in [0.3, 0.4) is 0 Å². The van der Waals surface area contributed by atoms with Crippen molar-refractivity contribution in [2.45, 2.75) is 12.3 Å². The first kappa shape index (κ1) is 15.7. The van der Waals surface area contributed by atoms with Crippen LogP contribution < -0.4 is 14.2 Å². The maximum atomic E-state index is 11.0. The number of ether oxygens (including phenoxy) is 3. The number of nitroso groups, excluding NO2 is 1. The minimum atomic E-state index is 0.173. The Morgan fingerprint density at radius 3 is 2.84 bits per heavy atom. The molecule has 2 aliphatic rings. The van der Waals surface area contributed by atoms with E-state index in [-0.39, 0.29) is 12.7 Å². The molecule has 2 heterocycles. The highest BCUT2D eigenvalue weighted by Crippen LogP contribution is 2.41. The number of hydrogen-bond acceptors (Lipinski definition) is 5. The fourth-order valence-electron chi connectivity index (χ4n) is 3.61. The van der Waals surface area contributed by atoms with Gasteiger partial charge in [-0.25, -0.2) is 0 Å². The second-order valence-corrected chi connectivity index (χ2v) is 6.36. The van der Waals surface area contributed by atoms with Gasteiger partial charge in [-0.1, -0.05) is 36.4 Å². The van der Waals surface area contributed by atoms with E-state index in [0.29, 0.717) is 42.9 Å². The lowest BCUT2D eigenvalue weighted by molar-refractivity contribution is 0.110. The molecular formula is C19H20N2O4. The molecule has 0 unspecified atom stereocenters. The van der Waals surface area contributed by atoms with Crippen LogP contribution >= 0.6 is 0 Å². The minimum absolute atomic E-state index is 0.173. The van der Waals surface area contributed by atoms with E-state index in [9.17, 15) is 4.91 Å². The molecule has 2 aromatic rings. The molecular weight excluding hydrogens is 320 g/mol. The molecule has 1 saturated heterocycles. The van der Waals surface area contributed by atoms with E-state index in [2.05, 4.69) is 17.4 Å². The number of fused-ring (bicyclic) bond motifs is 1. The molecule has 0 aromatic heterocycles. The Bertz CT molecular complexity index is 737. The van der Waals surface area contributed by atoms with Gasteiger partial charge in [0.2, 0.25) is 12.5 Å². The molecule has 0 aliphatic carbocycles. The molecule has 1 fully saturated rings. The Balaban J connectivity index is 1.51. The van der Waals surface area contributed by atoms with Crippen LogP contribution in [0.1, 0.15) is 17.9 Å². The summed E-state index contributed by atoms with van der Waals surface area (Å²) in [7, 11) is 0. The molecule has 6 nitrogen and oxygen atoms in total. The van der Waals surface area contributed by atoms with Crippen molar-refractivity contribution >= 4 is 0 Å². The summed E-state index contributed by atoms with van der Waals surface area (Å²) in [5.41, 5.74) is 1.28. The molecule has 0 N–H and O–H groups in total. The highest BCUT2D eigenvalue weighted by molar-refractivity contribution is 5.52. The number of piperidine rings is 1. The monoisotopic (exact) mass is 340 g/mol. The molecule has 2 aromatic carbocycles. The maximum absolute atomic E-state index is 11.0. The van der Waals surface area contributed by atoms with Crippen LogP contribution in [0.2, 0.25) is 0 Å². The standard InChI is InChI=1S/C19H20N2O4/c22-20-21-10-9-16(14-5-2-1-3-6-14)15(11-21)12-23-17-7-4-8-18-19(17)25-13-24-18/h1-8,15-16H,9-13H2/t15-,16-/m0/s1. The first-order valence-electron chi connectivity index (χ1n) is 8.49. The summed E-state index contributed by atoms with van der Waals surface area (Å²) >= 11 is 0. The van der Waals surface area contributed by atoms with E-state index in [1.165, 1.54) is 5.56 Å². The fraction of sp³-hybridized carbons (Fsp3) is 0.368. The first-order chi connectivity index (χ1) is 12.3. The van der Waals surface area contributed by atoms with E-state index >= 15 is 0 Å². The lowest BCUT2D eigenvalue weighted by atomic mass is 9.81. The number of para-hydroxylation sites is 1. The lowest BCUT2D eigenvalue weighted by Crippen LogP contribution is -2.39. The fourth-order valence-corrected chi connectivity index (χ4v) is 3.61. The smallest absolute Gasteiger partial charge is 0.231 e. The van der Waals surface area contributed by atoms with E-state index in [4.69, 9.17) is 14.2 Å². The summed E-state index contributed by atoms with van der Waals surface area (Å²) in [5.74, 6) is 2.55. The first-order valence-corrected chi connectivity index (χ1v) is 8.49. The van der Waals surface area contributed by atoms with Gasteiger partial charge in [0.15, 0.2) is 11.5 Å². The Hall–Kier alpha value is -2.76. The van der Waals surface area contributed by atoms with Crippen molar-refractivity contribution in [2.75, 3.05) is 26.5 Å². The van der Waals surface area contributed by atoms with Gasteiger partial charge in [0, 0.05) is 19.0 Å². The Morgan fingerprint density at radius 1 is 1.12 bits per heavy atom. The predicted molar refractivity (Wildman–Crippen MR) is 92.7 cm³/mol. The molecule has 0 radical (unpaired) electrons. The summed E-state index contributed by atoms with van der Waals surface area (Å²) in [6.45, 7) is 1.98. The number of nitrogens with zero attached hydrogens (tertiary/aromatic N) is 2. The van der Waals surface area contributed by atoms with Crippen molar-refractivity contribution in [1.29, 1.82) is 0 Å². The second kappa shape index (κ2) is 7.01. The van der Waals surface area contributed by atoms with Crippen LogP contribution in [0, 0.1) is 10.8 Å². The molecule has 4 rings (SSSR count). The van der Waals surface area contributed by atoms with Crippen molar-refractivity contribution in [2.24, 2.45) is 11.2 Å². The predicted octanol–water partition coefficient (Wildman–Crippen LogP) is 3.58. The van der Waals surface area contributed by atoms with E-state index < -0.39 is 0 Å². The van der Waals surface area contributed by atoms with Gasteiger partial charge in [-0.15, -0.1) is 4.91 Å². The van der Waals surface area contributed by atoms with E-state index in [1.54, 1.807) is 5.01 Å². The van der Waals surface area contributed by atoms with Crippen molar-refractivity contribution in [3.05, 3.63) is 59.0 Å². The van der Waals surface area contributed by atoms with Crippen molar-refractivity contribution in [3.63, 3.8) is 0 Å². The molecule has 0 amide bonds. The largest absolute Gasteiger partial charge is 0.489 e. The van der Waals surface area contributed by atoms with Gasteiger partial charge >= 0.3 is 0 Å². The molecule has 0 bridgehead atoms. The topological polar surface area (TPSA) is 60.4 Å². The number of rotatable bonds is 5. The van der Waals surface area contributed by atoms with Gasteiger partial charge in [-0.05, 0) is 30.0 Å². The zero-order chi connectivity index (χ0) is 17.1. The average molecular weight is 340 g/mol. The van der Waals surface area contributed by atoms with Crippen molar-refractivity contribution in [3.8, 4) is 17.2 Å². The third-order valence-corrected chi connectivity index (χ3v) is 4.87. The summed E-state index contributed by atoms with van der Waals surface area (Å²) in [5, 5.41) is 4.71.